The predicted molar refractivity (Wildman–Crippen MR) is 273 cm³/mol. The number of carbonyl (C=O) groups excluding carboxylic acids is 2. The number of para-hydroxylation sites is 1. The molecule has 1 unspecified atom stereocenters. The lowest BCUT2D eigenvalue weighted by Crippen LogP contribution is -2.44. The summed E-state index contributed by atoms with van der Waals surface area (Å²) in [7, 11) is -2.22. The van der Waals surface area contributed by atoms with Gasteiger partial charge in [0, 0.05) is 62.3 Å². The number of rotatable bonds is 21. The van der Waals surface area contributed by atoms with E-state index in [0.717, 1.165) is 85.9 Å². The van der Waals surface area contributed by atoms with Crippen LogP contribution in [0.1, 0.15) is 75.7 Å². The molecule has 68 heavy (non-hydrogen) atoms. The van der Waals surface area contributed by atoms with Gasteiger partial charge in [-0.1, -0.05) is 99.6 Å². The van der Waals surface area contributed by atoms with Crippen LogP contribution in [0.5, 0.6) is 5.75 Å². The number of phenols is 1. The third-order valence-corrected chi connectivity index (χ3v) is 19.2. The molecule has 4 N–H and O–H groups in total. The van der Waals surface area contributed by atoms with Gasteiger partial charge in [-0.3, -0.25) is 14.9 Å². The van der Waals surface area contributed by atoms with Crippen molar-refractivity contribution in [1.82, 2.24) is 20.1 Å². The molecule has 12 nitrogen and oxygen atoms in total. The topological polar surface area (TPSA) is 145 Å². The molecule has 0 radical (unpaired) electrons. The molecular formula is C55H71N5O7Si. The van der Waals surface area contributed by atoms with Crippen LogP contribution in [0.25, 0.3) is 22.0 Å². The fraction of sp³-hybridized carbons (Fsp3) is 0.473. The smallest absolute Gasteiger partial charge is 0.411 e. The molecule has 13 heteroatoms. The fourth-order valence-electron chi connectivity index (χ4n) is 9.81. The monoisotopic (exact) mass is 942 g/mol. The maximum Gasteiger partial charge on any atom is 0.411 e. The fourth-order valence-corrected chi connectivity index (χ4v) is 11.1. The summed E-state index contributed by atoms with van der Waals surface area (Å²) in [6.07, 6.45) is 5.25. The second-order valence-electron chi connectivity index (χ2n) is 20.7. The number of hydrogen-bond acceptors (Lipinski definition) is 9. The van der Waals surface area contributed by atoms with Gasteiger partial charge in [0.15, 0.2) is 8.32 Å². The van der Waals surface area contributed by atoms with Gasteiger partial charge in [0.1, 0.15) is 11.9 Å². The van der Waals surface area contributed by atoms with Crippen molar-refractivity contribution in [2.75, 3.05) is 57.8 Å². The van der Waals surface area contributed by atoms with E-state index in [1.54, 1.807) is 12.1 Å². The largest absolute Gasteiger partial charge is 0.506 e. The minimum Gasteiger partial charge on any atom is -0.506 e. The average molecular weight is 942 g/mol. The molecule has 0 bridgehead atoms. The number of carbonyl (C=O) groups is 2. The molecule has 1 aromatic heterocycles. The molecule has 0 spiro atoms. The van der Waals surface area contributed by atoms with Gasteiger partial charge in [-0.2, -0.15) is 0 Å². The first-order valence-corrected chi connectivity index (χ1v) is 27.6. The minimum atomic E-state index is -2.22. The van der Waals surface area contributed by atoms with Crippen molar-refractivity contribution in [2.45, 2.75) is 102 Å². The van der Waals surface area contributed by atoms with E-state index >= 15 is 0 Å². The molecule has 2 aliphatic carbocycles. The number of nitrogens with zero attached hydrogens (tertiary/aromatic N) is 2. The number of aromatic hydroxyl groups is 1. The molecule has 3 fully saturated rings. The molecule has 4 aromatic carbocycles. The number of benzene rings is 4. The van der Waals surface area contributed by atoms with E-state index in [4.69, 9.17) is 13.9 Å². The quantitative estimate of drug-likeness (QED) is 0.0418. The highest BCUT2D eigenvalue weighted by Crippen LogP contribution is 2.42. The number of pyridine rings is 1. The molecule has 362 valence electrons. The van der Waals surface area contributed by atoms with Crippen LogP contribution in [0.4, 0.5) is 10.5 Å². The summed E-state index contributed by atoms with van der Waals surface area (Å²) < 4.78 is 19.0. The van der Waals surface area contributed by atoms with Crippen molar-refractivity contribution < 1.29 is 28.6 Å². The van der Waals surface area contributed by atoms with E-state index in [1.807, 2.05) is 65.6 Å². The number of H-pyrrole nitrogens is 1. The van der Waals surface area contributed by atoms with Crippen LogP contribution in [0.3, 0.4) is 0 Å². The lowest BCUT2D eigenvalue weighted by Gasteiger charge is -2.39. The highest BCUT2D eigenvalue weighted by Gasteiger charge is 2.43. The Hall–Kier alpha value is -5.31. The van der Waals surface area contributed by atoms with Crippen LogP contribution in [0.2, 0.25) is 18.1 Å². The van der Waals surface area contributed by atoms with Gasteiger partial charge in [0.25, 0.3) is 0 Å². The van der Waals surface area contributed by atoms with E-state index in [9.17, 15) is 19.5 Å². The Bertz CT molecular complexity index is 2540. The lowest BCUT2D eigenvalue weighted by atomic mass is 10.0. The van der Waals surface area contributed by atoms with Crippen molar-refractivity contribution in [1.29, 1.82) is 0 Å². The Morgan fingerprint density at radius 2 is 1.60 bits per heavy atom. The highest BCUT2D eigenvalue weighted by atomic mass is 28.4. The third kappa shape index (κ3) is 12.7. The van der Waals surface area contributed by atoms with Crippen LogP contribution >= 0.6 is 0 Å². The summed E-state index contributed by atoms with van der Waals surface area (Å²) in [5.41, 5.74) is 6.39. The van der Waals surface area contributed by atoms with Crippen molar-refractivity contribution >= 4 is 36.9 Å². The number of ether oxygens (including phenoxy) is 2. The van der Waals surface area contributed by atoms with E-state index in [2.05, 4.69) is 78.6 Å². The van der Waals surface area contributed by atoms with E-state index in [-0.39, 0.29) is 46.6 Å². The Labute approximate surface area is 402 Å². The van der Waals surface area contributed by atoms with Crippen molar-refractivity contribution in [3.05, 3.63) is 130 Å². The highest BCUT2D eigenvalue weighted by molar-refractivity contribution is 6.74. The molecular weight excluding hydrogens is 871 g/mol. The van der Waals surface area contributed by atoms with Crippen LogP contribution < -0.4 is 16.2 Å². The summed E-state index contributed by atoms with van der Waals surface area (Å²) in [6.45, 7) is 16.9. The second kappa shape index (κ2) is 22.0. The van der Waals surface area contributed by atoms with Crippen molar-refractivity contribution in [3.63, 3.8) is 0 Å². The van der Waals surface area contributed by atoms with Gasteiger partial charge < -0.3 is 39.1 Å². The summed E-state index contributed by atoms with van der Waals surface area (Å²) in [5.74, 6) is 1.25. The van der Waals surface area contributed by atoms with Gasteiger partial charge in [0.2, 0.25) is 11.5 Å². The molecule has 2 amide bonds. The second-order valence-corrected chi connectivity index (χ2v) is 25.4. The van der Waals surface area contributed by atoms with Crippen molar-refractivity contribution in [2.24, 2.45) is 11.8 Å². The zero-order chi connectivity index (χ0) is 47.8. The lowest BCUT2D eigenvalue weighted by molar-refractivity contribution is -0.132. The zero-order valence-corrected chi connectivity index (χ0v) is 41.6. The maximum atomic E-state index is 13.5. The minimum absolute atomic E-state index is 0.0206. The molecule has 3 aliphatic rings. The standard InChI is InChI=1S/C55H71N5O7Si/c1-55(2,3)68(4,5)67-50(46-20-22-49(61)53-47(46)21-23-51(62)58-53)35-56-27-29-60(43-18-19-43)52(63)26-31-65-30-25-39-13-11-12-38(32-39)24-28-59-36-41-33-44(34-42(41)37-59)66-54(64)57-48-17-10-9-16-45(48)40-14-7-6-8-15-40/h6-17,20-23,32,41-44,50,56,61H,18-19,24-31,33-37H2,1-5H3,(H,57,64)(H,58,62)/t41-,42+,44?,50-/m0/s1. The maximum absolute atomic E-state index is 13.5. The zero-order valence-electron chi connectivity index (χ0n) is 40.6. The Morgan fingerprint density at radius 1 is 0.882 bits per heavy atom. The van der Waals surface area contributed by atoms with Crippen LogP contribution in [-0.4, -0.2) is 105 Å². The molecule has 4 atom stereocenters. The Balaban J connectivity index is 0.733. The number of aromatic nitrogens is 1. The SMILES string of the molecule is CC(C)(C)[Si](C)(C)O[C@@H](CNCCN(C(=O)CCOCCc1cccc(CCN2C[C@H]3CC(OC(=O)Nc4ccccc4-c4ccccc4)C[C@H]3C2)c1)C1CC1)c1ccc(O)c2[nH]c(=O)ccc12. The molecule has 1 saturated heterocycles. The number of anilines is 1. The number of fused-ring (bicyclic) bond motifs is 2. The van der Waals surface area contributed by atoms with Gasteiger partial charge in [-0.15, -0.1) is 0 Å². The van der Waals surface area contributed by atoms with Crippen LogP contribution in [-0.2, 0) is 31.5 Å². The number of nitrogens with one attached hydrogen (secondary N) is 3. The molecule has 1 aliphatic heterocycles. The van der Waals surface area contributed by atoms with Crippen molar-refractivity contribution in [3.8, 4) is 16.9 Å². The molecule has 2 heterocycles. The summed E-state index contributed by atoms with van der Waals surface area (Å²) in [6, 6.07) is 33.7. The molecule has 8 rings (SSSR count). The first-order valence-electron chi connectivity index (χ1n) is 24.7. The van der Waals surface area contributed by atoms with Gasteiger partial charge in [-0.25, -0.2) is 4.79 Å². The number of likely N-dealkylation sites (tertiary alicyclic amines) is 1. The Morgan fingerprint density at radius 3 is 2.34 bits per heavy atom. The molecule has 2 saturated carbocycles. The number of hydrogen-bond donors (Lipinski definition) is 4. The van der Waals surface area contributed by atoms with Crippen LogP contribution in [0.15, 0.2) is 108 Å². The number of aromatic amines is 1. The first-order chi connectivity index (χ1) is 32.7. The third-order valence-electron chi connectivity index (χ3n) is 14.7. The van der Waals surface area contributed by atoms with E-state index in [0.29, 0.717) is 56.6 Å². The summed E-state index contributed by atoms with van der Waals surface area (Å²) >= 11 is 0. The van der Waals surface area contributed by atoms with E-state index in [1.165, 1.54) is 17.2 Å². The van der Waals surface area contributed by atoms with Gasteiger partial charge >= 0.3 is 6.09 Å². The molecule has 5 aromatic rings. The van der Waals surface area contributed by atoms with Gasteiger partial charge in [-0.05, 0) is 109 Å². The number of phenolic OH excluding ortho intramolecular Hbond substituents is 1. The first kappa shape index (κ1) is 49.1. The van der Waals surface area contributed by atoms with Crippen LogP contribution in [0, 0.1) is 11.8 Å². The average Bonchev–Trinajstić information content (AvgIpc) is 3.98. The van der Waals surface area contributed by atoms with Gasteiger partial charge in [0.05, 0.1) is 36.9 Å². The summed E-state index contributed by atoms with van der Waals surface area (Å²) in [5, 5.41) is 17.9. The van der Waals surface area contributed by atoms with E-state index < -0.39 is 8.32 Å². The predicted octanol–water partition coefficient (Wildman–Crippen LogP) is 9.70. The normalized spacial score (nSPS) is 18.9. The summed E-state index contributed by atoms with van der Waals surface area (Å²) in [4.78, 5) is 46.0. The Kier molecular flexibility index (Phi) is 15.9. The number of amides is 2.